The fraction of sp³-hybridized carbons (Fsp3) is 0.231. The molecular formula is C13H14BrFN4. The Morgan fingerprint density at radius 3 is 2.47 bits per heavy atom. The third-order valence-electron chi connectivity index (χ3n) is 2.68. The molecule has 0 bridgehead atoms. The molecule has 1 aromatic carbocycles. The summed E-state index contributed by atoms with van der Waals surface area (Å²) in [4.78, 5) is 8.57. The Hall–Kier alpha value is -1.69. The number of hydrogen-bond donors (Lipinski definition) is 2. The van der Waals surface area contributed by atoms with Gasteiger partial charge in [0.2, 0.25) is 0 Å². The van der Waals surface area contributed by atoms with Crippen molar-refractivity contribution in [2.75, 3.05) is 17.7 Å². The number of nitrogens with one attached hydrogen (secondary N) is 2. The van der Waals surface area contributed by atoms with Gasteiger partial charge in [0.25, 0.3) is 0 Å². The Bertz CT molecular complexity index is 616. The van der Waals surface area contributed by atoms with E-state index < -0.39 is 0 Å². The Morgan fingerprint density at radius 1 is 1.16 bits per heavy atom. The van der Waals surface area contributed by atoms with Crippen LogP contribution in [0.5, 0.6) is 0 Å². The van der Waals surface area contributed by atoms with Crippen LogP contribution < -0.4 is 10.6 Å². The highest BCUT2D eigenvalue weighted by molar-refractivity contribution is 9.10. The maximum atomic E-state index is 13.8. The fourth-order valence-corrected chi connectivity index (χ4v) is 2.05. The van der Waals surface area contributed by atoms with Gasteiger partial charge in [0, 0.05) is 17.1 Å². The lowest BCUT2D eigenvalue weighted by molar-refractivity contribution is 0.631. The molecule has 0 amide bonds. The summed E-state index contributed by atoms with van der Waals surface area (Å²) < 4.78 is 14.5. The first-order valence-electron chi connectivity index (χ1n) is 5.76. The van der Waals surface area contributed by atoms with Gasteiger partial charge in [-0.3, -0.25) is 0 Å². The average molecular weight is 325 g/mol. The van der Waals surface area contributed by atoms with Crippen molar-refractivity contribution in [1.82, 2.24) is 9.97 Å². The van der Waals surface area contributed by atoms with E-state index >= 15 is 0 Å². The van der Waals surface area contributed by atoms with Gasteiger partial charge in [0.05, 0.1) is 5.69 Å². The van der Waals surface area contributed by atoms with Crippen molar-refractivity contribution in [2.45, 2.75) is 13.8 Å². The predicted molar refractivity (Wildman–Crippen MR) is 78.4 cm³/mol. The van der Waals surface area contributed by atoms with E-state index in [0.29, 0.717) is 21.8 Å². The van der Waals surface area contributed by atoms with Crippen LogP contribution in [-0.2, 0) is 0 Å². The molecule has 0 aliphatic heterocycles. The van der Waals surface area contributed by atoms with Crippen LogP contribution >= 0.6 is 15.9 Å². The molecule has 0 aliphatic rings. The van der Waals surface area contributed by atoms with Crippen molar-refractivity contribution in [1.29, 1.82) is 0 Å². The minimum atomic E-state index is -0.337. The number of hydrogen-bond acceptors (Lipinski definition) is 4. The summed E-state index contributed by atoms with van der Waals surface area (Å²) in [5.74, 6) is 1.61. The molecule has 0 spiro atoms. The quantitative estimate of drug-likeness (QED) is 0.902. The van der Waals surface area contributed by atoms with Gasteiger partial charge < -0.3 is 10.6 Å². The van der Waals surface area contributed by atoms with Crippen LogP contribution in [0.15, 0.2) is 22.7 Å². The Kier molecular flexibility index (Phi) is 3.99. The summed E-state index contributed by atoms with van der Waals surface area (Å²) >= 11 is 3.23. The molecule has 6 heteroatoms. The molecule has 0 atom stereocenters. The minimum absolute atomic E-state index is 0.337. The normalized spacial score (nSPS) is 10.4. The third-order valence-corrected chi connectivity index (χ3v) is 3.17. The summed E-state index contributed by atoms with van der Waals surface area (Å²) in [6, 6.07) is 4.84. The molecular weight excluding hydrogens is 311 g/mol. The number of rotatable bonds is 3. The predicted octanol–water partition coefficient (Wildman–Crippen LogP) is 3.78. The Morgan fingerprint density at radius 2 is 1.84 bits per heavy atom. The van der Waals surface area contributed by atoms with Crippen molar-refractivity contribution in [3.63, 3.8) is 0 Å². The molecule has 0 unspecified atom stereocenters. The second kappa shape index (κ2) is 5.52. The third kappa shape index (κ3) is 3.01. The standard InChI is InChI=1S/C13H14BrFN4/c1-7-12(16-3)17-8(2)18-13(7)19-11-5-4-9(14)6-10(11)15/h4-6H,1-3H3,(H2,16,17,18,19). The topological polar surface area (TPSA) is 49.8 Å². The van der Waals surface area contributed by atoms with E-state index in [1.165, 1.54) is 6.07 Å². The second-order valence-corrected chi connectivity index (χ2v) is 5.01. The molecule has 0 fully saturated rings. The van der Waals surface area contributed by atoms with Gasteiger partial charge in [-0.05, 0) is 32.0 Å². The van der Waals surface area contributed by atoms with E-state index in [9.17, 15) is 4.39 Å². The summed E-state index contributed by atoms with van der Waals surface area (Å²) in [7, 11) is 1.79. The van der Waals surface area contributed by atoms with Crippen LogP contribution in [0.1, 0.15) is 11.4 Å². The van der Waals surface area contributed by atoms with E-state index in [-0.39, 0.29) is 5.82 Å². The van der Waals surface area contributed by atoms with Crippen LogP contribution in [-0.4, -0.2) is 17.0 Å². The number of halogens is 2. The molecule has 0 radical (unpaired) electrons. The van der Waals surface area contributed by atoms with Gasteiger partial charge in [0.15, 0.2) is 0 Å². The molecule has 2 rings (SSSR count). The largest absolute Gasteiger partial charge is 0.373 e. The zero-order valence-electron chi connectivity index (χ0n) is 10.9. The van der Waals surface area contributed by atoms with E-state index in [1.807, 2.05) is 6.92 Å². The lowest BCUT2D eigenvalue weighted by Gasteiger charge is -2.13. The lowest BCUT2D eigenvalue weighted by atomic mass is 10.2. The van der Waals surface area contributed by atoms with Gasteiger partial charge in [-0.2, -0.15) is 0 Å². The summed E-state index contributed by atoms with van der Waals surface area (Å²) in [5, 5.41) is 5.99. The first-order chi connectivity index (χ1) is 9.01. The number of anilines is 3. The van der Waals surface area contributed by atoms with E-state index in [2.05, 4.69) is 36.5 Å². The lowest BCUT2D eigenvalue weighted by Crippen LogP contribution is -2.06. The van der Waals surface area contributed by atoms with Crippen molar-refractivity contribution >= 4 is 33.3 Å². The van der Waals surface area contributed by atoms with Gasteiger partial charge in [0.1, 0.15) is 23.3 Å². The molecule has 19 heavy (non-hydrogen) atoms. The highest BCUT2D eigenvalue weighted by atomic mass is 79.9. The molecule has 4 nitrogen and oxygen atoms in total. The Labute approximate surface area is 119 Å². The van der Waals surface area contributed by atoms with Crippen molar-refractivity contribution < 1.29 is 4.39 Å². The smallest absolute Gasteiger partial charge is 0.147 e. The molecule has 100 valence electrons. The van der Waals surface area contributed by atoms with Crippen molar-refractivity contribution in [3.05, 3.63) is 39.9 Å². The van der Waals surface area contributed by atoms with Gasteiger partial charge in [-0.25, -0.2) is 14.4 Å². The highest BCUT2D eigenvalue weighted by Crippen LogP contribution is 2.26. The second-order valence-electron chi connectivity index (χ2n) is 4.09. The zero-order valence-corrected chi connectivity index (χ0v) is 12.5. The van der Waals surface area contributed by atoms with E-state index in [1.54, 1.807) is 26.1 Å². The van der Waals surface area contributed by atoms with Crippen molar-refractivity contribution in [2.24, 2.45) is 0 Å². The maximum Gasteiger partial charge on any atom is 0.147 e. The molecule has 0 saturated carbocycles. The first-order valence-corrected chi connectivity index (χ1v) is 6.55. The first kappa shape index (κ1) is 13.7. The average Bonchev–Trinajstić information content (AvgIpc) is 2.36. The zero-order chi connectivity index (χ0) is 14.0. The Balaban J connectivity index is 2.40. The number of nitrogens with zero attached hydrogens (tertiary/aromatic N) is 2. The van der Waals surface area contributed by atoms with Crippen molar-refractivity contribution in [3.8, 4) is 0 Å². The summed E-state index contributed by atoms with van der Waals surface area (Å²) in [5.41, 5.74) is 1.22. The molecule has 0 saturated heterocycles. The van der Waals surface area contributed by atoms with E-state index in [4.69, 9.17) is 0 Å². The molecule has 0 aliphatic carbocycles. The van der Waals surface area contributed by atoms with Crippen LogP contribution in [0.2, 0.25) is 0 Å². The number of aryl methyl sites for hydroxylation is 1. The monoisotopic (exact) mass is 324 g/mol. The molecule has 2 aromatic rings. The van der Waals surface area contributed by atoms with Gasteiger partial charge in [-0.15, -0.1) is 0 Å². The maximum absolute atomic E-state index is 13.8. The molecule has 2 N–H and O–H groups in total. The molecule has 1 heterocycles. The van der Waals surface area contributed by atoms with Crippen LogP contribution in [0, 0.1) is 19.7 Å². The number of aromatic nitrogens is 2. The fourth-order valence-electron chi connectivity index (χ4n) is 1.71. The van der Waals surface area contributed by atoms with Gasteiger partial charge >= 0.3 is 0 Å². The highest BCUT2D eigenvalue weighted by Gasteiger charge is 2.10. The van der Waals surface area contributed by atoms with E-state index in [0.717, 1.165) is 11.4 Å². The van der Waals surface area contributed by atoms with Crippen LogP contribution in [0.4, 0.5) is 21.7 Å². The summed E-state index contributed by atoms with van der Waals surface area (Å²) in [6.45, 7) is 3.67. The number of benzene rings is 1. The minimum Gasteiger partial charge on any atom is -0.373 e. The van der Waals surface area contributed by atoms with Crippen LogP contribution in [0.3, 0.4) is 0 Å². The SMILES string of the molecule is CNc1nc(C)nc(Nc2ccc(Br)cc2F)c1C. The van der Waals surface area contributed by atoms with Crippen LogP contribution in [0.25, 0.3) is 0 Å². The summed E-state index contributed by atoms with van der Waals surface area (Å²) in [6.07, 6.45) is 0. The molecule has 1 aromatic heterocycles. The van der Waals surface area contributed by atoms with Gasteiger partial charge in [-0.1, -0.05) is 15.9 Å².